The highest BCUT2D eigenvalue weighted by Crippen LogP contribution is 2.42. The molecule has 9 rings (SSSR count). The van der Waals surface area contributed by atoms with Crippen LogP contribution in [0.5, 0.6) is 0 Å². The van der Waals surface area contributed by atoms with Gasteiger partial charge in [-0.05, 0) is 178 Å². The molecule has 0 amide bonds. The number of aliphatic hydroxyl groups excluding tert-OH is 5. The second-order valence-electron chi connectivity index (χ2n) is 31.7. The summed E-state index contributed by atoms with van der Waals surface area (Å²) in [6, 6.07) is 0. The lowest BCUT2D eigenvalue weighted by molar-refractivity contribution is -0.195. The minimum Gasteiger partial charge on any atom is -0.464 e. The molecule has 21 atom stereocenters. The van der Waals surface area contributed by atoms with Crippen LogP contribution in [-0.2, 0) is 142 Å². The quantitative estimate of drug-likeness (QED) is 0.0268. The van der Waals surface area contributed by atoms with Crippen molar-refractivity contribution in [1.29, 1.82) is 0 Å². The van der Waals surface area contributed by atoms with Crippen LogP contribution in [0.3, 0.4) is 0 Å². The summed E-state index contributed by atoms with van der Waals surface area (Å²) >= 11 is 0. The van der Waals surface area contributed by atoms with Gasteiger partial charge in [-0.25, -0.2) is 59.5 Å². The molecule has 0 saturated carbocycles. The van der Waals surface area contributed by atoms with E-state index in [-0.39, 0.29) is 87.8 Å². The second-order valence-corrected chi connectivity index (χ2v) is 32.8. The van der Waals surface area contributed by atoms with Crippen LogP contribution < -0.4 is 0 Å². The fourth-order valence-electron chi connectivity index (χ4n) is 11.6. The molecule has 0 spiro atoms. The molecule has 9 fully saturated rings. The van der Waals surface area contributed by atoms with E-state index in [2.05, 4.69) is 20.8 Å². The van der Waals surface area contributed by atoms with Gasteiger partial charge in [0.1, 0.15) is 61.0 Å². The number of carbonyl (C=O) groups excluding carboxylic acids is 8. The van der Waals surface area contributed by atoms with E-state index in [1.54, 1.807) is 124 Å². The van der Waals surface area contributed by atoms with Gasteiger partial charge >= 0.3 is 52.2 Å². The van der Waals surface area contributed by atoms with E-state index in [0.717, 1.165) is 26.6 Å². The van der Waals surface area contributed by atoms with Crippen molar-refractivity contribution in [2.24, 2.45) is 11.8 Å². The number of halogens is 4. The van der Waals surface area contributed by atoms with Gasteiger partial charge in [-0.2, -0.15) is 8.42 Å². The van der Waals surface area contributed by atoms with E-state index in [9.17, 15) is 79.7 Å². The zero-order valence-corrected chi connectivity index (χ0v) is 74.4. The van der Waals surface area contributed by atoms with Gasteiger partial charge in [0, 0.05) is 23.0 Å². The number of hydrogen-bond acceptors (Lipinski definition) is 36. The summed E-state index contributed by atoms with van der Waals surface area (Å²) in [5.41, 5.74) is -11.0. The number of hydrogen-bond donors (Lipinski definition) is 6. The van der Waals surface area contributed by atoms with Gasteiger partial charge in [-0.3, -0.25) is 0 Å². The zero-order valence-electron chi connectivity index (χ0n) is 73.6. The van der Waals surface area contributed by atoms with E-state index >= 15 is 0 Å². The molecule has 9 heterocycles. The fraction of sp³-hybridized carbons (Fsp3) is 0.846. The molecule has 6 N–H and O–H groups in total. The average Bonchev–Trinajstić information content (AvgIpc) is 1.59. The normalized spacial score (nSPS) is 33.8. The molecule has 41 heteroatoms. The van der Waals surface area contributed by atoms with Crippen LogP contribution in [0.4, 0.5) is 17.6 Å². The molecule has 9 aliphatic heterocycles. The fourth-order valence-corrected chi connectivity index (χ4v) is 12.8. The summed E-state index contributed by atoms with van der Waals surface area (Å²) in [4.78, 5) is 88.2. The number of ether oxygens (including phenoxy) is 18. The topological polar surface area (TPSA) is 477 Å². The number of carbonyl (C=O) groups is 8. The molecule has 119 heavy (non-hydrogen) atoms. The molecule has 1 unspecified atom stereocenters. The van der Waals surface area contributed by atoms with Gasteiger partial charge in [0.05, 0.1) is 78.8 Å². The van der Waals surface area contributed by atoms with E-state index in [1.165, 1.54) is 27.7 Å². The Balaban J connectivity index is 0.000000678. The van der Waals surface area contributed by atoms with Crippen molar-refractivity contribution in [3.63, 3.8) is 0 Å². The van der Waals surface area contributed by atoms with Crippen LogP contribution in [-0.4, -0.2) is 302 Å². The van der Waals surface area contributed by atoms with Crippen LogP contribution in [0.2, 0.25) is 0 Å². The summed E-state index contributed by atoms with van der Waals surface area (Å²) in [5, 5.41) is 56.3. The summed E-state index contributed by atoms with van der Waals surface area (Å²) in [5.74, 6) is -9.48. The Labute approximate surface area is 694 Å². The highest BCUT2D eigenvalue weighted by atomic mass is 32.3. The van der Waals surface area contributed by atoms with Crippen molar-refractivity contribution >= 4 is 58.5 Å². The van der Waals surface area contributed by atoms with Gasteiger partial charge in [-0.15, -0.1) is 0 Å². The predicted octanol–water partition coefficient (Wildman–Crippen LogP) is 5.99. The minimum atomic E-state index is -4.28. The Kier molecular flexibility index (Phi) is 43.4. The highest BCUT2D eigenvalue weighted by molar-refractivity contribution is 7.82. The van der Waals surface area contributed by atoms with E-state index < -0.39 is 165 Å². The van der Waals surface area contributed by atoms with E-state index in [1.807, 2.05) is 27.7 Å². The van der Waals surface area contributed by atoms with Crippen LogP contribution in [0.1, 0.15) is 200 Å². The molecule has 0 aliphatic carbocycles. The van der Waals surface area contributed by atoms with Crippen molar-refractivity contribution < 1.29 is 189 Å². The molecule has 0 aromatic heterocycles. The number of aldehydes is 1. The molecule has 694 valence electrons. The lowest BCUT2D eigenvalue weighted by Gasteiger charge is -2.30. The standard InChI is InChI=1S/C11H19FO5.C11H18O8S.C11H20O6.C11H18O4.C8H15FO2.C8H13FO2.C6H9FO4.C6H10O3.C6H10O2/c1-5-15-9(14)11(4,12)8(13)7-6-16-10(2,3)17-7;1-5-15-9(12)11(4)8(18-20(13,14)19-11)7-6-16-10(2,3)17-7;1-5-15-9(13)11(4,14)8(12)7-6-16-10(2,3)17-7;1-5-13-10(12)8(2)6-9-7-14-11(3,4)15-9;2*1-4-6-5(2)8(3,9)7(10)11-6;1-6(7)4(9)3(2-8)11-5(6)10;1-6(2)8-4-5(3-7)9-6;1-4-8-6(7)5(2)3/h7-8,13H,5-6H2,1-4H3;7-8H,5-6H2,1-4H3;7-8,12,14H,5-6H2,1-4H3;6,9H,5,7H2,1-4H3;5-7,10H,4H2,1-3H3;5-6H,4H2,1-3H3;3-4,8-9H,2H2,1H3;3,5H,4H2,1-2H3;2,4H2,1,3H3/b;;;8-6+;;;;;/t3*7-,8-,11+;9-;5-,6-,7?,8-;5-,6-,8-;3-,4-,6-;5-;/m11101110./s1. The van der Waals surface area contributed by atoms with E-state index in [4.69, 9.17) is 94.7 Å². The maximum absolute atomic E-state index is 14.1. The molecule has 0 radical (unpaired) electrons. The summed E-state index contributed by atoms with van der Waals surface area (Å²) in [7, 11) is -4.28. The Morgan fingerprint density at radius 1 is 0.571 bits per heavy atom. The smallest absolute Gasteiger partial charge is 0.401 e. The van der Waals surface area contributed by atoms with Crippen LogP contribution in [0.25, 0.3) is 0 Å². The van der Waals surface area contributed by atoms with Crippen LogP contribution in [0, 0.1) is 11.8 Å². The molecular weight excluding hydrogens is 1620 g/mol. The second kappa shape index (κ2) is 46.4. The van der Waals surface area contributed by atoms with Crippen LogP contribution >= 0.6 is 0 Å². The van der Waals surface area contributed by atoms with Crippen molar-refractivity contribution in [2.75, 3.05) is 72.7 Å². The third-order valence-electron chi connectivity index (χ3n) is 19.1. The molecule has 0 aromatic rings. The molecule has 0 bridgehead atoms. The van der Waals surface area contributed by atoms with Gasteiger partial charge in [0.2, 0.25) is 22.6 Å². The maximum Gasteiger partial charge on any atom is 0.401 e. The first-order valence-electron chi connectivity index (χ1n) is 39.0. The van der Waals surface area contributed by atoms with Crippen molar-refractivity contribution in [3.8, 4) is 0 Å². The minimum absolute atomic E-state index is 0.0348. The van der Waals surface area contributed by atoms with E-state index in [0.29, 0.717) is 44.0 Å². The predicted molar refractivity (Wildman–Crippen MR) is 409 cm³/mol. The molecule has 36 nitrogen and oxygen atoms in total. The summed E-state index contributed by atoms with van der Waals surface area (Å²) in [6.07, 6.45) is -7.49. The third-order valence-corrected chi connectivity index (χ3v) is 20.1. The van der Waals surface area contributed by atoms with Gasteiger partial charge in [-0.1, -0.05) is 34.3 Å². The molecule has 9 aliphatic rings. The van der Waals surface area contributed by atoms with Gasteiger partial charge in [0.15, 0.2) is 58.9 Å². The number of aliphatic hydroxyl groups is 6. The molecule has 9 saturated heterocycles. The molecular formula is C78H132F4O36S. The average molecular weight is 1750 g/mol. The first-order chi connectivity index (χ1) is 54.3. The number of alkyl halides is 4. The number of rotatable bonds is 20. The summed E-state index contributed by atoms with van der Waals surface area (Å²) < 4.78 is 178. The highest BCUT2D eigenvalue weighted by Gasteiger charge is 2.62. The van der Waals surface area contributed by atoms with Crippen molar-refractivity contribution in [3.05, 3.63) is 23.8 Å². The first-order valence-corrected chi connectivity index (χ1v) is 40.4. The largest absolute Gasteiger partial charge is 0.464 e. The Hall–Kier alpha value is -5.65. The van der Waals surface area contributed by atoms with Gasteiger partial charge < -0.3 is 121 Å². The third kappa shape index (κ3) is 33.1. The van der Waals surface area contributed by atoms with Gasteiger partial charge in [0.25, 0.3) is 0 Å². The lowest BCUT2D eigenvalue weighted by atomic mass is 9.89. The lowest BCUT2D eigenvalue weighted by Crippen LogP contribution is -2.54. The number of esters is 7. The SMILES string of the molecule is C=C(C)C(=O)OCC.CC1(C)OC[C@H](C=O)O1.CCOC(=O)/C(C)=C/[C@H]1COC(C)(C)O1.CCOC(=O)[C@@](C)(F)[C@H](O)[C@H]1COC(C)(C)O1.CCOC(=O)[C@@](C)(O)[C@H](O)[C@H]1COC(C)(C)O1.CCOC(=O)[C@@]1(C)OS(=O)(=O)O[C@@H]1[C@H]1COC(C)(C)O1.CC[C@H]1OC(=O)[C@](C)(F)[C@@H]1C.CC[C@H]1OC(O)[C@](C)(F)[C@@H]1C.C[C@]1(F)C(=O)O[C@H](CO)[C@H]1O. The Morgan fingerprint density at radius 3 is 1.29 bits per heavy atom. The van der Waals surface area contributed by atoms with Crippen molar-refractivity contribution in [1.82, 2.24) is 0 Å². The molecule has 0 aromatic carbocycles. The monoisotopic (exact) mass is 1750 g/mol. The summed E-state index contributed by atoms with van der Waals surface area (Å²) in [6.45, 7) is 48.4. The van der Waals surface area contributed by atoms with Crippen LogP contribution in [0.15, 0.2) is 23.8 Å². The number of cyclic esters (lactones) is 2. The zero-order chi connectivity index (χ0) is 92.6. The van der Waals surface area contributed by atoms with Crippen molar-refractivity contribution in [2.45, 2.75) is 342 Å². The maximum atomic E-state index is 14.1. The first kappa shape index (κ1) is 111. The Bertz CT molecular complexity index is 3320. The Morgan fingerprint density at radius 2 is 0.983 bits per heavy atom.